The zero-order chi connectivity index (χ0) is 13.1. The molecule has 1 fully saturated rings. The average Bonchev–Trinajstić information content (AvgIpc) is 2.34. The molecule has 1 saturated carbocycles. The van der Waals surface area contributed by atoms with Gasteiger partial charge in [0.05, 0.1) is 4.92 Å². The first kappa shape index (κ1) is 12.8. The first-order valence-electron chi connectivity index (χ1n) is 6.21. The Kier molecular flexibility index (Phi) is 3.76. The van der Waals surface area contributed by atoms with Crippen LogP contribution in [0, 0.1) is 17.0 Å². The number of aromatic nitrogens is 1. The van der Waals surface area contributed by atoms with E-state index in [2.05, 4.69) is 10.3 Å². The molecule has 0 amide bonds. The van der Waals surface area contributed by atoms with Crippen molar-refractivity contribution in [3.8, 4) is 0 Å². The summed E-state index contributed by atoms with van der Waals surface area (Å²) in [6.45, 7) is 1.79. The number of aryl methyl sites for hydroxylation is 1. The summed E-state index contributed by atoms with van der Waals surface area (Å²) < 4.78 is 0. The third kappa shape index (κ3) is 2.76. The summed E-state index contributed by atoms with van der Waals surface area (Å²) >= 11 is 0. The predicted octanol–water partition coefficient (Wildman–Crippen LogP) is 1.98. The molecule has 1 aromatic heterocycles. The van der Waals surface area contributed by atoms with Gasteiger partial charge in [-0.05, 0) is 25.3 Å². The van der Waals surface area contributed by atoms with Crippen molar-refractivity contribution in [1.82, 2.24) is 4.98 Å². The van der Waals surface area contributed by atoms with Crippen LogP contribution < -0.4 is 11.1 Å². The Balaban J connectivity index is 2.20. The van der Waals surface area contributed by atoms with Gasteiger partial charge in [-0.25, -0.2) is 4.98 Å². The van der Waals surface area contributed by atoms with Crippen molar-refractivity contribution in [3.63, 3.8) is 0 Å². The Hall–Kier alpha value is -1.69. The van der Waals surface area contributed by atoms with E-state index in [1.54, 1.807) is 13.1 Å². The van der Waals surface area contributed by atoms with Crippen LogP contribution in [0.25, 0.3) is 0 Å². The minimum atomic E-state index is -0.406. The van der Waals surface area contributed by atoms with Crippen LogP contribution in [0.5, 0.6) is 0 Å². The molecule has 2 atom stereocenters. The van der Waals surface area contributed by atoms with E-state index in [1.807, 2.05) is 0 Å². The molecule has 1 aromatic rings. The van der Waals surface area contributed by atoms with Gasteiger partial charge in [0.2, 0.25) is 5.82 Å². The molecule has 0 saturated heterocycles. The molecule has 98 valence electrons. The summed E-state index contributed by atoms with van der Waals surface area (Å²) in [4.78, 5) is 14.7. The monoisotopic (exact) mass is 250 g/mol. The minimum Gasteiger partial charge on any atom is -0.360 e. The third-order valence-electron chi connectivity index (χ3n) is 3.34. The van der Waals surface area contributed by atoms with Gasteiger partial charge in [-0.3, -0.25) is 10.1 Å². The van der Waals surface area contributed by atoms with E-state index in [1.165, 1.54) is 6.07 Å². The highest BCUT2D eigenvalue weighted by molar-refractivity contribution is 5.57. The smallest absolute Gasteiger partial charge is 0.311 e. The molecule has 0 aliphatic heterocycles. The second-order valence-corrected chi connectivity index (χ2v) is 4.84. The molecule has 1 aliphatic rings. The summed E-state index contributed by atoms with van der Waals surface area (Å²) in [5.41, 5.74) is 6.82. The number of nitrogens with two attached hydrogens (primary N) is 1. The van der Waals surface area contributed by atoms with E-state index in [0.717, 1.165) is 31.2 Å². The Morgan fingerprint density at radius 2 is 2.22 bits per heavy atom. The van der Waals surface area contributed by atoms with E-state index in [-0.39, 0.29) is 17.8 Å². The largest absolute Gasteiger partial charge is 0.360 e. The molecule has 0 radical (unpaired) electrons. The van der Waals surface area contributed by atoms with E-state index in [9.17, 15) is 10.1 Å². The van der Waals surface area contributed by atoms with Gasteiger partial charge in [-0.2, -0.15) is 0 Å². The molecule has 3 N–H and O–H groups in total. The van der Waals surface area contributed by atoms with Crippen LogP contribution in [0.15, 0.2) is 12.3 Å². The molecule has 0 spiro atoms. The number of anilines is 1. The molecule has 2 rings (SSSR count). The highest BCUT2D eigenvalue weighted by atomic mass is 16.6. The van der Waals surface area contributed by atoms with Crippen LogP contribution in [0.2, 0.25) is 0 Å². The minimum absolute atomic E-state index is 0.0211. The number of nitrogens with zero attached hydrogens (tertiary/aromatic N) is 2. The molecule has 0 bridgehead atoms. The average molecular weight is 250 g/mol. The fourth-order valence-corrected chi connectivity index (χ4v) is 2.32. The van der Waals surface area contributed by atoms with Crippen molar-refractivity contribution in [1.29, 1.82) is 0 Å². The maximum atomic E-state index is 11.0. The highest BCUT2D eigenvalue weighted by Crippen LogP contribution is 2.26. The number of nitro groups is 1. The lowest BCUT2D eigenvalue weighted by molar-refractivity contribution is -0.384. The summed E-state index contributed by atoms with van der Waals surface area (Å²) in [6, 6.07) is 1.65. The van der Waals surface area contributed by atoms with Gasteiger partial charge >= 0.3 is 5.69 Å². The van der Waals surface area contributed by atoms with E-state index < -0.39 is 4.92 Å². The molecule has 6 heteroatoms. The van der Waals surface area contributed by atoms with Crippen molar-refractivity contribution in [2.24, 2.45) is 5.73 Å². The van der Waals surface area contributed by atoms with Gasteiger partial charge in [0, 0.05) is 24.3 Å². The summed E-state index contributed by atoms with van der Waals surface area (Å²) in [5.74, 6) is 0.327. The van der Waals surface area contributed by atoms with Gasteiger partial charge in [-0.1, -0.05) is 12.8 Å². The predicted molar refractivity (Wildman–Crippen MR) is 69.5 cm³/mol. The van der Waals surface area contributed by atoms with Crippen molar-refractivity contribution in [3.05, 3.63) is 27.9 Å². The molecular formula is C12H18N4O2. The number of rotatable bonds is 3. The first-order chi connectivity index (χ1) is 8.58. The van der Waals surface area contributed by atoms with Gasteiger partial charge in [0.25, 0.3) is 0 Å². The third-order valence-corrected chi connectivity index (χ3v) is 3.34. The SMILES string of the molecule is Cc1cnc(N[C@@H]2CCCC[C@H]2N)c([N+](=O)[O-])c1. The summed E-state index contributed by atoms with van der Waals surface area (Å²) in [6.07, 6.45) is 5.75. The van der Waals surface area contributed by atoms with Crippen LogP contribution in [0.4, 0.5) is 11.5 Å². The summed E-state index contributed by atoms with van der Waals surface area (Å²) in [5, 5.41) is 14.1. The normalized spacial score (nSPS) is 23.7. The van der Waals surface area contributed by atoms with Crippen molar-refractivity contribution >= 4 is 11.5 Å². The van der Waals surface area contributed by atoms with Crippen molar-refractivity contribution in [2.75, 3.05) is 5.32 Å². The molecule has 0 aromatic carbocycles. The quantitative estimate of drug-likeness (QED) is 0.632. The fraction of sp³-hybridized carbons (Fsp3) is 0.583. The van der Waals surface area contributed by atoms with Gasteiger partial charge < -0.3 is 11.1 Å². The van der Waals surface area contributed by atoms with Crippen LogP contribution in [0.1, 0.15) is 31.2 Å². The second kappa shape index (κ2) is 5.30. The highest BCUT2D eigenvalue weighted by Gasteiger charge is 2.25. The zero-order valence-corrected chi connectivity index (χ0v) is 10.4. The summed E-state index contributed by atoms with van der Waals surface area (Å²) in [7, 11) is 0. The fourth-order valence-electron chi connectivity index (χ4n) is 2.32. The molecule has 18 heavy (non-hydrogen) atoms. The van der Waals surface area contributed by atoms with Gasteiger partial charge in [0.1, 0.15) is 0 Å². The molecule has 1 aliphatic carbocycles. The van der Waals surface area contributed by atoms with E-state index in [0.29, 0.717) is 5.82 Å². The Labute approximate surface area is 106 Å². The number of hydrogen-bond acceptors (Lipinski definition) is 5. The molecule has 6 nitrogen and oxygen atoms in total. The Morgan fingerprint density at radius 1 is 1.50 bits per heavy atom. The topological polar surface area (TPSA) is 94.1 Å². The molecule has 1 heterocycles. The lowest BCUT2D eigenvalue weighted by Gasteiger charge is -2.29. The first-order valence-corrected chi connectivity index (χ1v) is 6.21. The number of nitrogens with one attached hydrogen (secondary N) is 1. The van der Waals surface area contributed by atoms with Crippen molar-refractivity contribution in [2.45, 2.75) is 44.7 Å². The number of hydrogen-bond donors (Lipinski definition) is 2. The van der Waals surface area contributed by atoms with Crippen LogP contribution >= 0.6 is 0 Å². The zero-order valence-electron chi connectivity index (χ0n) is 10.4. The lowest BCUT2D eigenvalue weighted by Crippen LogP contribution is -2.42. The van der Waals surface area contributed by atoms with Gasteiger partial charge in [0.15, 0.2) is 0 Å². The maximum absolute atomic E-state index is 11.0. The number of pyridine rings is 1. The van der Waals surface area contributed by atoms with E-state index >= 15 is 0 Å². The van der Waals surface area contributed by atoms with E-state index in [4.69, 9.17) is 5.73 Å². The maximum Gasteiger partial charge on any atom is 0.311 e. The van der Waals surface area contributed by atoms with Crippen molar-refractivity contribution < 1.29 is 4.92 Å². The van der Waals surface area contributed by atoms with Crippen LogP contribution in [-0.2, 0) is 0 Å². The Morgan fingerprint density at radius 3 is 2.89 bits per heavy atom. The van der Waals surface area contributed by atoms with Crippen LogP contribution in [0.3, 0.4) is 0 Å². The lowest BCUT2D eigenvalue weighted by atomic mass is 9.91. The molecular weight excluding hydrogens is 232 g/mol. The standard InChI is InChI=1S/C12H18N4O2/c1-8-6-11(16(17)18)12(14-7-8)15-10-5-3-2-4-9(10)13/h6-7,9-10H,2-5,13H2,1H3,(H,14,15)/t9-,10-/m1/s1. The Bertz CT molecular complexity index is 450. The van der Waals surface area contributed by atoms with Gasteiger partial charge in [-0.15, -0.1) is 0 Å². The van der Waals surface area contributed by atoms with Crippen LogP contribution in [-0.4, -0.2) is 22.0 Å². The second-order valence-electron chi connectivity index (χ2n) is 4.84. The molecule has 0 unspecified atom stereocenters.